The fraction of sp³-hybridized carbons (Fsp3) is 0.300. The first-order chi connectivity index (χ1) is 7.06. The van der Waals surface area contributed by atoms with Gasteiger partial charge >= 0.3 is 0 Å². The fourth-order valence-corrected chi connectivity index (χ4v) is 1.29. The first-order valence-electron chi connectivity index (χ1n) is 4.46. The van der Waals surface area contributed by atoms with E-state index in [4.69, 9.17) is 10.9 Å². The van der Waals surface area contributed by atoms with E-state index in [1.165, 1.54) is 6.07 Å². The van der Waals surface area contributed by atoms with Crippen LogP contribution in [0.2, 0.25) is 0 Å². The Morgan fingerprint density at radius 1 is 1.53 bits per heavy atom. The minimum Gasteiger partial charge on any atom is -0.409 e. The smallest absolute Gasteiger partial charge is 0.173 e. The number of hydrogen-bond donors (Lipinski definition) is 2. The first-order valence-corrected chi connectivity index (χ1v) is 4.46. The monoisotopic (exact) mass is 211 g/mol. The number of nitrogens with two attached hydrogens (primary N) is 1. The molecule has 0 aliphatic rings. The predicted molar refractivity (Wildman–Crippen MR) is 56.3 cm³/mol. The van der Waals surface area contributed by atoms with E-state index in [1.54, 1.807) is 12.1 Å². The second-order valence-corrected chi connectivity index (χ2v) is 3.50. The largest absolute Gasteiger partial charge is 0.409 e. The van der Waals surface area contributed by atoms with Gasteiger partial charge in [-0.3, -0.25) is 0 Å². The van der Waals surface area contributed by atoms with Crippen molar-refractivity contribution in [1.29, 1.82) is 0 Å². The number of rotatable bonds is 3. The van der Waals surface area contributed by atoms with Crippen LogP contribution in [0.5, 0.6) is 0 Å². The van der Waals surface area contributed by atoms with Crippen molar-refractivity contribution in [2.24, 2.45) is 10.9 Å². The van der Waals surface area contributed by atoms with Gasteiger partial charge in [-0.15, -0.1) is 0 Å². The molecule has 0 aliphatic carbocycles. The molecule has 0 amide bonds. The number of halogens is 1. The lowest BCUT2D eigenvalue weighted by atomic mass is 10.1. The van der Waals surface area contributed by atoms with Crippen molar-refractivity contribution in [2.45, 2.75) is 6.54 Å². The second kappa shape index (κ2) is 4.75. The maximum atomic E-state index is 13.8. The number of amidine groups is 1. The molecule has 0 saturated carbocycles. The van der Waals surface area contributed by atoms with E-state index in [9.17, 15) is 4.39 Å². The first kappa shape index (κ1) is 11.5. The molecule has 0 saturated heterocycles. The molecule has 0 aromatic heterocycles. The van der Waals surface area contributed by atoms with Crippen LogP contribution in [0, 0.1) is 5.82 Å². The summed E-state index contributed by atoms with van der Waals surface area (Å²) in [6.45, 7) is 0.471. The van der Waals surface area contributed by atoms with Crippen molar-refractivity contribution in [3.8, 4) is 0 Å². The van der Waals surface area contributed by atoms with Gasteiger partial charge < -0.3 is 15.8 Å². The molecule has 15 heavy (non-hydrogen) atoms. The van der Waals surface area contributed by atoms with Crippen LogP contribution in [-0.2, 0) is 6.54 Å². The molecule has 0 heterocycles. The summed E-state index contributed by atoms with van der Waals surface area (Å²) in [6.07, 6.45) is 0. The molecule has 1 aromatic carbocycles. The van der Waals surface area contributed by atoms with Crippen molar-refractivity contribution >= 4 is 5.84 Å². The summed E-state index contributed by atoms with van der Waals surface area (Å²) in [4.78, 5) is 1.84. The van der Waals surface area contributed by atoms with Gasteiger partial charge in [0.15, 0.2) is 5.84 Å². The van der Waals surface area contributed by atoms with Gasteiger partial charge in [0, 0.05) is 12.1 Å². The van der Waals surface area contributed by atoms with Gasteiger partial charge in [0.25, 0.3) is 0 Å². The molecule has 0 radical (unpaired) electrons. The molecular weight excluding hydrogens is 197 g/mol. The van der Waals surface area contributed by atoms with Crippen molar-refractivity contribution in [3.05, 3.63) is 35.1 Å². The third-order valence-corrected chi connectivity index (χ3v) is 1.95. The summed E-state index contributed by atoms with van der Waals surface area (Å²) in [5.41, 5.74) is 5.98. The highest BCUT2D eigenvalue weighted by molar-refractivity contribution is 5.97. The van der Waals surface area contributed by atoms with Crippen molar-refractivity contribution in [2.75, 3.05) is 14.1 Å². The Morgan fingerprint density at radius 2 is 2.20 bits per heavy atom. The van der Waals surface area contributed by atoms with E-state index in [0.717, 1.165) is 0 Å². The molecule has 4 nitrogen and oxygen atoms in total. The van der Waals surface area contributed by atoms with Crippen LogP contribution in [0.25, 0.3) is 0 Å². The molecule has 82 valence electrons. The van der Waals surface area contributed by atoms with Gasteiger partial charge in [0.05, 0.1) is 5.56 Å². The van der Waals surface area contributed by atoms with Gasteiger partial charge in [0.1, 0.15) is 5.82 Å². The minimum atomic E-state index is -0.443. The summed E-state index contributed by atoms with van der Waals surface area (Å²) in [5, 5.41) is 11.3. The zero-order valence-electron chi connectivity index (χ0n) is 8.74. The quantitative estimate of drug-likeness (QED) is 0.339. The van der Waals surface area contributed by atoms with Gasteiger partial charge in [-0.25, -0.2) is 4.39 Å². The van der Waals surface area contributed by atoms with Crippen molar-refractivity contribution in [1.82, 2.24) is 4.90 Å². The van der Waals surface area contributed by atoms with Crippen LogP contribution in [0.1, 0.15) is 11.1 Å². The average molecular weight is 211 g/mol. The third-order valence-electron chi connectivity index (χ3n) is 1.95. The molecule has 5 heteroatoms. The maximum absolute atomic E-state index is 13.8. The number of oxime groups is 1. The van der Waals surface area contributed by atoms with Crippen LogP contribution in [0.3, 0.4) is 0 Å². The molecule has 0 spiro atoms. The number of nitrogens with zero attached hydrogens (tertiary/aromatic N) is 2. The average Bonchev–Trinajstić information content (AvgIpc) is 2.19. The van der Waals surface area contributed by atoms with Crippen LogP contribution in [0.4, 0.5) is 4.39 Å². The molecule has 0 bridgehead atoms. The van der Waals surface area contributed by atoms with Crippen molar-refractivity contribution in [3.63, 3.8) is 0 Å². The predicted octanol–water partition coefficient (Wildman–Crippen LogP) is 0.982. The molecule has 0 atom stereocenters. The lowest BCUT2D eigenvalue weighted by molar-refractivity contribution is 0.318. The Labute approximate surface area is 87.8 Å². The van der Waals surface area contributed by atoms with E-state index >= 15 is 0 Å². The van der Waals surface area contributed by atoms with E-state index in [2.05, 4.69) is 5.16 Å². The molecule has 0 aliphatic heterocycles. The van der Waals surface area contributed by atoms with Crippen LogP contribution in [0.15, 0.2) is 23.4 Å². The number of hydrogen-bond acceptors (Lipinski definition) is 3. The molecule has 1 aromatic rings. The minimum absolute atomic E-state index is 0.122. The maximum Gasteiger partial charge on any atom is 0.173 e. The van der Waals surface area contributed by atoms with Crippen LogP contribution >= 0.6 is 0 Å². The Bertz CT molecular complexity index is 377. The zero-order valence-corrected chi connectivity index (χ0v) is 8.74. The fourth-order valence-electron chi connectivity index (χ4n) is 1.29. The van der Waals surface area contributed by atoms with E-state index < -0.39 is 5.82 Å². The lowest BCUT2D eigenvalue weighted by Gasteiger charge is -2.12. The van der Waals surface area contributed by atoms with Crippen molar-refractivity contribution < 1.29 is 9.60 Å². The third kappa shape index (κ3) is 2.66. The number of benzene rings is 1. The Morgan fingerprint density at radius 3 is 2.73 bits per heavy atom. The topological polar surface area (TPSA) is 61.8 Å². The summed E-state index contributed by atoms with van der Waals surface area (Å²) in [6, 6.07) is 4.82. The molecule has 0 unspecified atom stereocenters. The summed E-state index contributed by atoms with van der Waals surface area (Å²) in [7, 11) is 3.69. The summed E-state index contributed by atoms with van der Waals surface area (Å²) in [5.74, 6) is -0.658. The Kier molecular flexibility index (Phi) is 3.62. The summed E-state index contributed by atoms with van der Waals surface area (Å²) < 4.78 is 13.8. The van der Waals surface area contributed by atoms with Crippen LogP contribution in [-0.4, -0.2) is 30.0 Å². The lowest BCUT2D eigenvalue weighted by Crippen LogP contribution is -2.18. The van der Waals surface area contributed by atoms with Gasteiger partial charge in [-0.1, -0.05) is 17.3 Å². The van der Waals surface area contributed by atoms with Gasteiger partial charge in [-0.2, -0.15) is 0 Å². The highest BCUT2D eigenvalue weighted by atomic mass is 19.1. The molecule has 0 fully saturated rings. The van der Waals surface area contributed by atoms with Crippen LogP contribution < -0.4 is 5.73 Å². The van der Waals surface area contributed by atoms with Gasteiger partial charge in [-0.05, 0) is 20.2 Å². The normalized spacial score (nSPS) is 12.1. The van der Waals surface area contributed by atoms with Gasteiger partial charge in [0.2, 0.25) is 0 Å². The SMILES string of the molecule is CN(C)Cc1cccc(/C(N)=N/O)c1F. The highest BCUT2D eigenvalue weighted by Gasteiger charge is 2.11. The Hall–Kier alpha value is -1.62. The molecular formula is C10H14FN3O. The second-order valence-electron chi connectivity index (χ2n) is 3.50. The van der Waals surface area contributed by atoms with E-state index in [-0.39, 0.29) is 11.4 Å². The molecule has 1 rings (SSSR count). The Balaban J connectivity index is 3.11. The van der Waals surface area contributed by atoms with E-state index in [0.29, 0.717) is 12.1 Å². The molecule has 3 N–H and O–H groups in total. The summed E-state index contributed by atoms with van der Waals surface area (Å²) >= 11 is 0. The zero-order chi connectivity index (χ0) is 11.4. The standard InChI is InChI=1S/C10H14FN3O/c1-14(2)6-7-4-3-5-8(9(7)11)10(12)13-15/h3-5,15H,6H2,1-2H3,(H2,12,13). The van der Waals surface area contributed by atoms with E-state index in [1.807, 2.05) is 19.0 Å². The highest BCUT2D eigenvalue weighted by Crippen LogP contribution is 2.13.